The fraction of sp³-hybridized carbons (Fsp3) is 0.593. The number of fused-ring (bicyclic) bond motifs is 1. The van der Waals surface area contributed by atoms with E-state index in [9.17, 15) is 9.59 Å². The zero-order chi connectivity index (χ0) is 24.4. The first kappa shape index (κ1) is 23.9. The maximum absolute atomic E-state index is 13.3. The van der Waals surface area contributed by atoms with Crippen LogP contribution in [0.1, 0.15) is 73.3 Å². The summed E-state index contributed by atoms with van der Waals surface area (Å²) in [5, 5.41) is 3.26. The van der Waals surface area contributed by atoms with Crippen LogP contribution in [-0.4, -0.2) is 52.5 Å². The van der Waals surface area contributed by atoms with Crippen LogP contribution in [0, 0.1) is 11.8 Å². The summed E-state index contributed by atoms with van der Waals surface area (Å²) in [4.78, 5) is 32.3. The first-order valence-corrected chi connectivity index (χ1v) is 12.9. The van der Waals surface area contributed by atoms with E-state index in [1.165, 1.54) is 12.8 Å². The molecule has 1 unspecified atom stereocenters. The molecular weight excluding hydrogens is 444 g/mol. The summed E-state index contributed by atoms with van der Waals surface area (Å²) in [6.45, 7) is 4.41. The molecule has 8 heteroatoms. The Labute approximate surface area is 207 Å². The number of imidazole rings is 1. The van der Waals surface area contributed by atoms with Crippen molar-refractivity contribution in [2.45, 2.75) is 70.7 Å². The van der Waals surface area contributed by atoms with Crippen LogP contribution in [0.4, 0.5) is 0 Å². The van der Waals surface area contributed by atoms with Gasteiger partial charge in [-0.1, -0.05) is 19.1 Å². The second kappa shape index (κ2) is 10.4. The number of rotatable bonds is 5. The Balaban J connectivity index is 1.15. The molecule has 2 aliphatic heterocycles. The minimum atomic E-state index is -0.0906. The van der Waals surface area contributed by atoms with Crippen LogP contribution in [0.3, 0.4) is 0 Å². The molecule has 1 atom stereocenters. The highest BCUT2D eigenvalue weighted by molar-refractivity contribution is 5.93. The second-order valence-electron chi connectivity index (χ2n) is 10.3. The fourth-order valence-electron chi connectivity index (χ4n) is 5.54. The van der Waals surface area contributed by atoms with E-state index in [4.69, 9.17) is 9.47 Å². The lowest BCUT2D eigenvalue weighted by Crippen LogP contribution is -2.46. The number of carbonyl (C=O) groups is 2. The number of hydrogen-bond donors (Lipinski definition) is 1. The number of piperidine rings is 1. The van der Waals surface area contributed by atoms with E-state index in [1.54, 1.807) is 13.4 Å². The van der Waals surface area contributed by atoms with E-state index in [1.807, 2.05) is 33.7 Å². The van der Waals surface area contributed by atoms with Crippen molar-refractivity contribution in [3.63, 3.8) is 0 Å². The lowest BCUT2D eigenvalue weighted by molar-refractivity contribution is -0.127. The summed E-state index contributed by atoms with van der Waals surface area (Å²) < 4.78 is 13.4. The van der Waals surface area contributed by atoms with Crippen molar-refractivity contribution < 1.29 is 19.1 Å². The molecule has 1 aliphatic carbocycles. The summed E-state index contributed by atoms with van der Waals surface area (Å²) >= 11 is 0. The summed E-state index contributed by atoms with van der Waals surface area (Å²) in [7, 11) is 1.65. The topological polar surface area (TPSA) is 85.7 Å². The Kier molecular flexibility index (Phi) is 7.09. The molecule has 35 heavy (non-hydrogen) atoms. The van der Waals surface area contributed by atoms with Gasteiger partial charge in [-0.15, -0.1) is 0 Å². The highest BCUT2D eigenvalue weighted by Crippen LogP contribution is 2.30. The SMILES string of the molecule is COc1ccc(C2Cn3cnc(C(=O)N4CCC(C(=O)NC5CCC(C)CC5)CC4)c3CO2)cc1. The molecule has 2 aromatic rings. The third-order valence-corrected chi connectivity index (χ3v) is 7.94. The maximum atomic E-state index is 13.3. The van der Waals surface area contributed by atoms with E-state index in [0.717, 1.165) is 35.8 Å². The predicted molar refractivity (Wildman–Crippen MR) is 131 cm³/mol. The molecule has 1 aromatic heterocycles. The molecule has 1 saturated heterocycles. The molecule has 1 N–H and O–H groups in total. The van der Waals surface area contributed by atoms with Crippen LogP contribution in [-0.2, 0) is 22.7 Å². The van der Waals surface area contributed by atoms with Gasteiger partial charge in [-0.3, -0.25) is 9.59 Å². The van der Waals surface area contributed by atoms with Gasteiger partial charge in [0.05, 0.1) is 32.3 Å². The van der Waals surface area contributed by atoms with E-state index in [2.05, 4.69) is 17.2 Å². The van der Waals surface area contributed by atoms with Gasteiger partial charge < -0.3 is 24.3 Å². The van der Waals surface area contributed by atoms with Gasteiger partial charge in [0.15, 0.2) is 5.69 Å². The molecule has 1 aromatic carbocycles. The molecule has 0 spiro atoms. The van der Waals surface area contributed by atoms with Crippen LogP contribution in [0.5, 0.6) is 5.75 Å². The molecule has 5 rings (SSSR count). The Bertz CT molecular complexity index is 1030. The number of nitrogens with zero attached hydrogens (tertiary/aromatic N) is 3. The summed E-state index contributed by atoms with van der Waals surface area (Å²) in [5.74, 6) is 1.66. The Morgan fingerprint density at radius 2 is 1.77 bits per heavy atom. The van der Waals surface area contributed by atoms with Crippen molar-refractivity contribution in [2.24, 2.45) is 11.8 Å². The van der Waals surface area contributed by atoms with Crippen molar-refractivity contribution >= 4 is 11.8 Å². The van der Waals surface area contributed by atoms with Crippen molar-refractivity contribution in [3.8, 4) is 5.75 Å². The van der Waals surface area contributed by atoms with Crippen molar-refractivity contribution in [2.75, 3.05) is 20.2 Å². The standard InChI is InChI=1S/C27H36N4O4/c1-18-3-7-21(8-4-18)29-26(32)20-11-13-30(14-12-20)27(33)25-23-16-35-24(15-31(23)17-28-25)19-5-9-22(34-2)10-6-19/h5-6,9-10,17-18,20-21,24H,3-4,7-8,11-16H2,1-2H3,(H,29,32). The van der Waals surface area contributed by atoms with Gasteiger partial charge in [0.2, 0.25) is 5.91 Å². The number of aromatic nitrogens is 2. The Morgan fingerprint density at radius 3 is 2.46 bits per heavy atom. The van der Waals surface area contributed by atoms with E-state index in [0.29, 0.717) is 50.8 Å². The van der Waals surface area contributed by atoms with E-state index >= 15 is 0 Å². The van der Waals surface area contributed by atoms with Gasteiger partial charge in [-0.05, 0) is 62.1 Å². The second-order valence-corrected chi connectivity index (χ2v) is 10.3. The smallest absolute Gasteiger partial charge is 0.274 e. The molecule has 1 saturated carbocycles. The fourth-order valence-corrected chi connectivity index (χ4v) is 5.54. The zero-order valence-corrected chi connectivity index (χ0v) is 20.7. The number of methoxy groups -OCH3 is 1. The number of carbonyl (C=O) groups excluding carboxylic acids is 2. The maximum Gasteiger partial charge on any atom is 0.274 e. The number of benzene rings is 1. The van der Waals surface area contributed by atoms with Crippen LogP contribution >= 0.6 is 0 Å². The molecular formula is C27H36N4O4. The molecule has 188 valence electrons. The van der Waals surface area contributed by atoms with Gasteiger partial charge in [0.1, 0.15) is 11.9 Å². The zero-order valence-electron chi connectivity index (χ0n) is 20.7. The molecule has 2 fully saturated rings. The van der Waals surface area contributed by atoms with Crippen LogP contribution in [0.2, 0.25) is 0 Å². The average molecular weight is 481 g/mol. The molecule has 2 amide bonds. The lowest BCUT2D eigenvalue weighted by atomic mass is 9.86. The van der Waals surface area contributed by atoms with Crippen LogP contribution in [0.15, 0.2) is 30.6 Å². The third-order valence-electron chi connectivity index (χ3n) is 7.94. The monoisotopic (exact) mass is 480 g/mol. The predicted octanol–water partition coefficient (Wildman–Crippen LogP) is 3.71. The van der Waals surface area contributed by atoms with Crippen molar-refractivity contribution in [1.29, 1.82) is 0 Å². The molecule has 0 bridgehead atoms. The quantitative estimate of drug-likeness (QED) is 0.705. The number of ether oxygens (including phenoxy) is 2. The van der Waals surface area contributed by atoms with Gasteiger partial charge in [-0.25, -0.2) is 4.98 Å². The number of nitrogens with one attached hydrogen (secondary N) is 1. The molecule has 8 nitrogen and oxygen atoms in total. The lowest BCUT2D eigenvalue weighted by Gasteiger charge is -2.33. The van der Waals surface area contributed by atoms with Crippen molar-refractivity contribution in [1.82, 2.24) is 19.8 Å². The normalized spacial score (nSPS) is 25.1. The third kappa shape index (κ3) is 5.22. The molecule has 3 aliphatic rings. The Morgan fingerprint density at radius 1 is 1.06 bits per heavy atom. The van der Waals surface area contributed by atoms with Gasteiger partial charge in [-0.2, -0.15) is 0 Å². The Hall–Kier alpha value is -2.87. The van der Waals surface area contributed by atoms with Crippen molar-refractivity contribution in [3.05, 3.63) is 47.5 Å². The largest absolute Gasteiger partial charge is 0.497 e. The molecule has 3 heterocycles. The van der Waals surface area contributed by atoms with Crippen LogP contribution in [0.25, 0.3) is 0 Å². The summed E-state index contributed by atoms with van der Waals surface area (Å²) in [6.07, 6.45) is 7.60. The highest BCUT2D eigenvalue weighted by atomic mass is 16.5. The summed E-state index contributed by atoms with van der Waals surface area (Å²) in [5.41, 5.74) is 2.37. The first-order valence-electron chi connectivity index (χ1n) is 12.9. The average Bonchev–Trinajstić information content (AvgIpc) is 3.33. The van der Waals surface area contributed by atoms with E-state index in [-0.39, 0.29) is 23.8 Å². The van der Waals surface area contributed by atoms with Gasteiger partial charge in [0.25, 0.3) is 5.91 Å². The minimum Gasteiger partial charge on any atom is -0.497 e. The minimum absolute atomic E-state index is 0.0112. The first-order chi connectivity index (χ1) is 17.0. The number of amides is 2. The highest BCUT2D eigenvalue weighted by Gasteiger charge is 2.33. The molecule has 0 radical (unpaired) electrons. The van der Waals surface area contributed by atoms with Gasteiger partial charge >= 0.3 is 0 Å². The van der Waals surface area contributed by atoms with E-state index < -0.39 is 0 Å². The number of likely N-dealkylation sites (tertiary alicyclic amines) is 1. The number of hydrogen-bond acceptors (Lipinski definition) is 5. The summed E-state index contributed by atoms with van der Waals surface area (Å²) in [6, 6.07) is 8.18. The van der Waals surface area contributed by atoms with Gasteiger partial charge in [0, 0.05) is 25.0 Å². The van der Waals surface area contributed by atoms with Crippen LogP contribution < -0.4 is 10.1 Å².